The van der Waals surface area contributed by atoms with E-state index in [2.05, 4.69) is 33.4 Å². The van der Waals surface area contributed by atoms with E-state index in [0.717, 1.165) is 106 Å². The second-order valence-corrected chi connectivity index (χ2v) is 12.8. The smallest absolute Gasteiger partial charge is 0.245 e. The third kappa shape index (κ3) is 6.51. The van der Waals surface area contributed by atoms with Crippen molar-refractivity contribution in [3.05, 3.63) is 59.0 Å². The van der Waals surface area contributed by atoms with Gasteiger partial charge in [0.15, 0.2) is 0 Å². The van der Waals surface area contributed by atoms with Crippen molar-refractivity contribution in [3.8, 4) is 22.6 Å². The summed E-state index contributed by atoms with van der Waals surface area (Å²) < 4.78 is 2.43. The molecule has 0 bridgehead atoms. The zero-order valence-corrected chi connectivity index (χ0v) is 25.7. The maximum Gasteiger partial charge on any atom is 0.245 e. The number of rotatable bonds is 9. The number of amides is 1. The summed E-state index contributed by atoms with van der Waals surface area (Å²) in [6.07, 6.45) is 10.7. The molecule has 4 heterocycles. The molecule has 1 aliphatic carbocycles. The van der Waals surface area contributed by atoms with E-state index < -0.39 is 0 Å². The van der Waals surface area contributed by atoms with E-state index in [1.807, 2.05) is 35.4 Å². The molecule has 3 aromatic rings. The van der Waals surface area contributed by atoms with Gasteiger partial charge in [0.25, 0.3) is 0 Å². The summed E-state index contributed by atoms with van der Waals surface area (Å²) in [7, 11) is 2.19. The molecule has 1 saturated carbocycles. The van der Waals surface area contributed by atoms with Gasteiger partial charge in [-0.25, -0.2) is 15.0 Å². The fourth-order valence-electron chi connectivity index (χ4n) is 6.23. The van der Waals surface area contributed by atoms with E-state index in [4.69, 9.17) is 33.2 Å². The standard InChI is InChI=1S/C32H39Cl2N7O/c1-3-28(42)40-17-9-21(10-18-40)11-19-41-30(27-8-14-35-32(37-27)36-24-5-6-24)29(23-4-7-25(33)26(34)20-23)38-31(41)22-12-15-39(2)16-13-22/h3-4,7-8,14,20-22,24H,1,5-6,9-13,15-19H2,2H3,(H,35,36,37). The fourth-order valence-corrected chi connectivity index (χ4v) is 6.53. The van der Waals surface area contributed by atoms with Crippen LogP contribution in [-0.4, -0.2) is 74.5 Å². The van der Waals surface area contributed by atoms with Crippen molar-refractivity contribution in [2.45, 2.75) is 63.5 Å². The van der Waals surface area contributed by atoms with E-state index in [1.54, 1.807) is 0 Å². The zero-order valence-electron chi connectivity index (χ0n) is 24.2. The Labute approximate surface area is 258 Å². The van der Waals surface area contributed by atoms with Gasteiger partial charge in [-0.05, 0) is 95.3 Å². The summed E-state index contributed by atoms with van der Waals surface area (Å²) in [4.78, 5) is 31.4. The number of nitrogens with zero attached hydrogens (tertiary/aromatic N) is 6. The van der Waals surface area contributed by atoms with E-state index in [1.165, 1.54) is 6.08 Å². The Hall–Kier alpha value is -2.94. The Bertz CT molecular complexity index is 1440. The Kier molecular flexibility index (Phi) is 8.84. The summed E-state index contributed by atoms with van der Waals surface area (Å²) in [5.41, 5.74) is 3.67. The van der Waals surface area contributed by atoms with Crippen molar-refractivity contribution in [3.63, 3.8) is 0 Å². The average molecular weight is 609 g/mol. The topological polar surface area (TPSA) is 79.2 Å². The first-order chi connectivity index (χ1) is 20.4. The highest BCUT2D eigenvalue weighted by Gasteiger charge is 2.30. The van der Waals surface area contributed by atoms with Crippen molar-refractivity contribution >= 4 is 35.1 Å². The van der Waals surface area contributed by atoms with Crippen LogP contribution in [0.25, 0.3) is 22.6 Å². The minimum absolute atomic E-state index is 0.0283. The number of nitrogens with one attached hydrogen (secondary N) is 1. The van der Waals surface area contributed by atoms with Crippen molar-refractivity contribution in [1.82, 2.24) is 29.3 Å². The molecule has 222 valence electrons. The van der Waals surface area contributed by atoms with Crippen LogP contribution in [0.2, 0.25) is 10.0 Å². The van der Waals surface area contributed by atoms with Crippen LogP contribution in [-0.2, 0) is 11.3 Å². The number of benzene rings is 1. The first kappa shape index (κ1) is 29.1. The van der Waals surface area contributed by atoms with E-state index in [9.17, 15) is 4.79 Å². The van der Waals surface area contributed by atoms with Gasteiger partial charge >= 0.3 is 0 Å². The SMILES string of the molecule is C=CC(=O)N1CCC(CCn2c(C3CCN(C)CC3)nc(-c3ccc(Cl)c(Cl)c3)c2-c2ccnc(NC3CC3)n2)CC1. The number of carbonyl (C=O) groups excluding carboxylic acids is 1. The molecule has 0 radical (unpaired) electrons. The second kappa shape index (κ2) is 12.7. The van der Waals surface area contributed by atoms with Gasteiger partial charge in [-0.3, -0.25) is 4.79 Å². The number of halogens is 2. The van der Waals surface area contributed by atoms with Crippen molar-refractivity contribution in [2.75, 3.05) is 38.5 Å². The first-order valence-electron chi connectivity index (χ1n) is 15.1. The molecular weight excluding hydrogens is 569 g/mol. The van der Waals surface area contributed by atoms with Crippen LogP contribution in [0.3, 0.4) is 0 Å². The van der Waals surface area contributed by atoms with Crippen molar-refractivity contribution in [1.29, 1.82) is 0 Å². The van der Waals surface area contributed by atoms with E-state index in [-0.39, 0.29) is 5.91 Å². The van der Waals surface area contributed by atoms with Gasteiger partial charge in [-0.1, -0.05) is 35.8 Å². The Morgan fingerprint density at radius 3 is 2.48 bits per heavy atom. The third-order valence-corrected chi connectivity index (χ3v) is 9.68. The molecule has 1 aromatic carbocycles. The number of carbonyl (C=O) groups is 1. The molecular formula is C32H39Cl2N7O. The molecule has 2 saturated heterocycles. The van der Waals surface area contributed by atoms with Gasteiger partial charge in [0.05, 0.1) is 27.1 Å². The molecule has 1 N–H and O–H groups in total. The lowest BCUT2D eigenvalue weighted by Crippen LogP contribution is -2.37. The molecule has 2 aliphatic heterocycles. The van der Waals surface area contributed by atoms with Crippen molar-refractivity contribution in [2.24, 2.45) is 5.92 Å². The molecule has 42 heavy (non-hydrogen) atoms. The second-order valence-electron chi connectivity index (χ2n) is 12.0. The minimum Gasteiger partial charge on any atom is -0.351 e. The highest BCUT2D eigenvalue weighted by Crippen LogP contribution is 2.39. The fraction of sp³-hybridized carbons (Fsp3) is 0.500. The van der Waals surface area contributed by atoms with Gasteiger partial charge in [0, 0.05) is 43.4 Å². The molecule has 2 aromatic heterocycles. The lowest BCUT2D eigenvalue weighted by molar-refractivity contribution is -0.127. The largest absolute Gasteiger partial charge is 0.351 e. The number of aromatic nitrogens is 4. The lowest BCUT2D eigenvalue weighted by Gasteiger charge is -2.32. The minimum atomic E-state index is 0.0283. The van der Waals surface area contributed by atoms with Gasteiger partial charge in [0.2, 0.25) is 11.9 Å². The Balaban J connectivity index is 1.39. The molecule has 0 unspecified atom stereocenters. The average Bonchev–Trinajstić information content (AvgIpc) is 3.74. The monoisotopic (exact) mass is 607 g/mol. The Morgan fingerprint density at radius 1 is 1.02 bits per heavy atom. The molecule has 0 spiro atoms. The van der Waals surface area contributed by atoms with Crippen LogP contribution >= 0.6 is 23.2 Å². The predicted octanol–water partition coefficient (Wildman–Crippen LogP) is 6.51. The molecule has 0 atom stereocenters. The normalized spacial score (nSPS) is 18.8. The number of likely N-dealkylation sites (tertiary alicyclic amines) is 2. The maximum atomic E-state index is 12.1. The quantitative estimate of drug-likeness (QED) is 0.279. The summed E-state index contributed by atoms with van der Waals surface area (Å²) in [6.45, 7) is 8.15. The van der Waals surface area contributed by atoms with Crippen LogP contribution in [0.4, 0.5) is 5.95 Å². The van der Waals surface area contributed by atoms with Crippen LogP contribution < -0.4 is 5.32 Å². The lowest BCUT2D eigenvalue weighted by atomic mass is 9.92. The number of anilines is 1. The van der Waals surface area contributed by atoms with Crippen molar-refractivity contribution < 1.29 is 4.79 Å². The molecule has 3 fully saturated rings. The molecule has 3 aliphatic rings. The van der Waals surface area contributed by atoms with Crippen LogP contribution in [0.5, 0.6) is 0 Å². The number of piperidine rings is 2. The zero-order chi connectivity index (χ0) is 29.2. The number of hydrogen-bond donors (Lipinski definition) is 1. The van der Waals surface area contributed by atoms with Gasteiger partial charge in [0.1, 0.15) is 5.82 Å². The first-order valence-corrected chi connectivity index (χ1v) is 15.9. The highest BCUT2D eigenvalue weighted by atomic mass is 35.5. The van der Waals surface area contributed by atoms with Crippen LogP contribution in [0.1, 0.15) is 56.7 Å². The van der Waals surface area contributed by atoms with Gasteiger partial charge < -0.3 is 19.7 Å². The number of imidazole rings is 1. The van der Waals surface area contributed by atoms with Crippen LogP contribution in [0.15, 0.2) is 43.1 Å². The summed E-state index contributed by atoms with van der Waals surface area (Å²) in [6, 6.07) is 8.20. The molecule has 6 rings (SSSR count). The maximum absolute atomic E-state index is 12.1. The molecule has 1 amide bonds. The van der Waals surface area contributed by atoms with Gasteiger partial charge in [-0.15, -0.1) is 0 Å². The summed E-state index contributed by atoms with van der Waals surface area (Å²) >= 11 is 12.9. The van der Waals surface area contributed by atoms with Crippen LogP contribution in [0, 0.1) is 5.92 Å². The number of hydrogen-bond acceptors (Lipinski definition) is 6. The predicted molar refractivity (Wildman–Crippen MR) is 169 cm³/mol. The highest BCUT2D eigenvalue weighted by molar-refractivity contribution is 6.42. The third-order valence-electron chi connectivity index (χ3n) is 8.94. The summed E-state index contributed by atoms with van der Waals surface area (Å²) in [5.74, 6) is 2.69. The molecule has 10 heteroatoms. The summed E-state index contributed by atoms with van der Waals surface area (Å²) in [5, 5.41) is 4.50. The van der Waals surface area contributed by atoms with E-state index >= 15 is 0 Å². The Morgan fingerprint density at radius 2 is 1.79 bits per heavy atom. The molecule has 8 nitrogen and oxygen atoms in total. The van der Waals surface area contributed by atoms with Gasteiger partial charge in [-0.2, -0.15) is 0 Å². The van der Waals surface area contributed by atoms with E-state index in [0.29, 0.717) is 33.9 Å².